The van der Waals surface area contributed by atoms with E-state index in [4.69, 9.17) is 21.8 Å². The molecule has 198 valence electrons. The van der Waals surface area contributed by atoms with Crippen LogP contribution in [0.25, 0.3) is 0 Å². The fourth-order valence-electron chi connectivity index (χ4n) is 5.20. The van der Waals surface area contributed by atoms with Crippen LogP contribution in [-0.2, 0) is 4.99 Å². The van der Waals surface area contributed by atoms with E-state index < -0.39 is 4.99 Å². The van der Waals surface area contributed by atoms with Crippen molar-refractivity contribution in [2.24, 2.45) is 10.2 Å². The zero-order chi connectivity index (χ0) is 27.8. The molecule has 2 heterocycles. The van der Waals surface area contributed by atoms with Crippen LogP contribution < -0.4 is 10.0 Å². The van der Waals surface area contributed by atoms with E-state index in [0.29, 0.717) is 15.6 Å². The summed E-state index contributed by atoms with van der Waals surface area (Å²) in [5, 5.41) is 15.3. The third-order valence-corrected chi connectivity index (χ3v) is 8.65. The standard InChI is InChI=1S/C34H23ClN4OS/c35-26-22-20-24(21-23-26)31-29-18-10-11-19-30(29)34(38(36-31)27-14-6-2-7-15-27)39(28-16-8-3-9-17-28)37-33(41-34)32(40)25-12-4-1-5-13-25/h1-23H/t34-/m0/s1. The lowest BCUT2D eigenvalue weighted by molar-refractivity contribution is 0.106. The minimum Gasteiger partial charge on any atom is -0.286 e. The zero-order valence-corrected chi connectivity index (χ0v) is 23.3. The van der Waals surface area contributed by atoms with Gasteiger partial charge in [-0.25, -0.2) is 10.0 Å². The summed E-state index contributed by atoms with van der Waals surface area (Å²) in [5.41, 5.74) is 5.97. The van der Waals surface area contributed by atoms with Crippen LogP contribution in [0.2, 0.25) is 5.02 Å². The van der Waals surface area contributed by atoms with Gasteiger partial charge in [-0.05, 0) is 48.2 Å². The molecule has 0 N–H and O–H groups in total. The molecule has 41 heavy (non-hydrogen) atoms. The van der Waals surface area contributed by atoms with Crippen LogP contribution in [0.5, 0.6) is 0 Å². The number of ketones is 1. The summed E-state index contributed by atoms with van der Waals surface area (Å²) in [7, 11) is 0. The monoisotopic (exact) mass is 570 g/mol. The number of Topliss-reactive ketones (excluding diaryl/α,β-unsaturated/α-hetero) is 1. The molecule has 5 nitrogen and oxygen atoms in total. The van der Waals surface area contributed by atoms with E-state index in [2.05, 4.69) is 12.1 Å². The predicted molar refractivity (Wildman–Crippen MR) is 169 cm³/mol. The third-order valence-electron chi connectivity index (χ3n) is 7.09. The Labute approximate surface area is 247 Å². The topological polar surface area (TPSA) is 48.3 Å². The third kappa shape index (κ3) is 4.32. The number of hydrogen-bond acceptors (Lipinski definition) is 6. The van der Waals surface area contributed by atoms with Gasteiger partial charge in [0.15, 0.2) is 5.04 Å². The Morgan fingerprint density at radius 3 is 1.80 bits per heavy atom. The number of para-hydroxylation sites is 2. The summed E-state index contributed by atoms with van der Waals surface area (Å²) in [4.78, 5) is 12.9. The molecule has 0 fully saturated rings. The van der Waals surface area contributed by atoms with Gasteiger partial charge in [0.25, 0.3) is 0 Å². The van der Waals surface area contributed by atoms with Crippen LogP contribution >= 0.6 is 23.4 Å². The first-order chi connectivity index (χ1) is 20.1. The van der Waals surface area contributed by atoms with E-state index in [-0.39, 0.29) is 5.78 Å². The molecular weight excluding hydrogens is 548 g/mol. The normalized spacial score (nSPS) is 17.7. The van der Waals surface area contributed by atoms with Gasteiger partial charge in [0, 0.05) is 27.3 Å². The highest BCUT2D eigenvalue weighted by atomic mass is 35.5. The lowest BCUT2D eigenvalue weighted by atomic mass is 9.93. The van der Waals surface area contributed by atoms with Crippen molar-refractivity contribution < 1.29 is 4.79 Å². The Balaban J connectivity index is 1.49. The molecule has 0 bridgehead atoms. The van der Waals surface area contributed by atoms with Crippen molar-refractivity contribution in [3.05, 3.63) is 167 Å². The van der Waals surface area contributed by atoms with Gasteiger partial charge in [0.1, 0.15) is 0 Å². The molecule has 1 spiro atoms. The quantitative estimate of drug-likeness (QED) is 0.200. The minimum atomic E-state index is -1.02. The molecule has 0 aromatic heterocycles. The van der Waals surface area contributed by atoms with Crippen molar-refractivity contribution in [2.45, 2.75) is 4.99 Å². The average Bonchev–Trinajstić information content (AvgIpc) is 3.44. The van der Waals surface area contributed by atoms with E-state index in [9.17, 15) is 4.79 Å². The number of halogens is 1. The molecule has 0 unspecified atom stereocenters. The van der Waals surface area contributed by atoms with E-state index in [0.717, 1.165) is 33.8 Å². The molecule has 2 aliphatic rings. The Morgan fingerprint density at radius 2 is 1.17 bits per heavy atom. The molecule has 5 aromatic rings. The van der Waals surface area contributed by atoms with Gasteiger partial charge in [-0.2, -0.15) is 10.2 Å². The summed E-state index contributed by atoms with van der Waals surface area (Å²) >= 11 is 7.66. The van der Waals surface area contributed by atoms with Crippen LogP contribution in [0.15, 0.2) is 150 Å². The first-order valence-electron chi connectivity index (χ1n) is 13.2. The summed E-state index contributed by atoms with van der Waals surface area (Å²) in [5.74, 6) is -0.133. The fourth-order valence-corrected chi connectivity index (χ4v) is 6.68. The molecule has 7 rings (SSSR count). The van der Waals surface area contributed by atoms with Crippen molar-refractivity contribution in [2.75, 3.05) is 10.0 Å². The number of benzene rings is 5. The summed E-state index contributed by atoms with van der Waals surface area (Å²) in [6.07, 6.45) is 0. The number of hydrazone groups is 2. The highest BCUT2D eigenvalue weighted by Crippen LogP contribution is 2.55. The highest BCUT2D eigenvalue weighted by molar-refractivity contribution is 8.17. The number of fused-ring (bicyclic) bond motifs is 2. The predicted octanol–water partition coefficient (Wildman–Crippen LogP) is 8.17. The van der Waals surface area contributed by atoms with Gasteiger partial charge in [0.05, 0.1) is 17.1 Å². The zero-order valence-electron chi connectivity index (χ0n) is 21.8. The smallest absolute Gasteiger partial charge is 0.234 e. The van der Waals surface area contributed by atoms with E-state index in [1.165, 1.54) is 11.8 Å². The van der Waals surface area contributed by atoms with Gasteiger partial charge in [0.2, 0.25) is 10.8 Å². The minimum absolute atomic E-state index is 0.133. The van der Waals surface area contributed by atoms with Gasteiger partial charge < -0.3 is 0 Å². The van der Waals surface area contributed by atoms with E-state index in [1.807, 2.05) is 137 Å². The lowest BCUT2D eigenvalue weighted by Crippen LogP contribution is -2.54. The summed E-state index contributed by atoms with van der Waals surface area (Å²) in [6, 6.07) is 45.2. The number of thioether (sulfide) groups is 1. The largest absolute Gasteiger partial charge is 0.286 e. The number of carbonyl (C=O) groups is 1. The van der Waals surface area contributed by atoms with Crippen LogP contribution in [-0.4, -0.2) is 16.5 Å². The van der Waals surface area contributed by atoms with Crippen molar-refractivity contribution >= 4 is 51.3 Å². The SMILES string of the molecule is O=C(C1=NN(c2ccccc2)[C@]2(S1)c1ccccc1C(c1ccc(Cl)cc1)=NN2c1ccccc1)c1ccccc1. The molecule has 0 radical (unpaired) electrons. The first-order valence-corrected chi connectivity index (χ1v) is 14.4. The van der Waals surface area contributed by atoms with Crippen molar-refractivity contribution in [1.82, 2.24) is 0 Å². The van der Waals surface area contributed by atoms with Gasteiger partial charge in [-0.1, -0.05) is 115 Å². The van der Waals surface area contributed by atoms with E-state index in [1.54, 1.807) is 0 Å². The van der Waals surface area contributed by atoms with Crippen molar-refractivity contribution in [1.29, 1.82) is 0 Å². The highest BCUT2D eigenvalue weighted by Gasteiger charge is 2.56. The second-order valence-corrected chi connectivity index (χ2v) is 11.2. The van der Waals surface area contributed by atoms with Gasteiger partial charge in [-0.3, -0.25) is 4.79 Å². The molecule has 5 aromatic carbocycles. The van der Waals surface area contributed by atoms with Crippen molar-refractivity contribution in [3.63, 3.8) is 0 Å². The number of anilines is 2. The maximum absolute atomic E-state index is 13.9. The Hall–Kier alpha value is -4.65. The van der Waals surface area contributed by atoms with Crippen LogP contribution in [0, 0.1) is 0 Å². The maximum Gasteiger partial charge on any atom is 0.234 e. The number of rotatable bonds is 5. The Morgan fingerprint density at radius 1 is 0.634 bits per heavy atom. The number of carbonyl (C=O) groups excluding carboxylic acids is 1. The van der Waals surface area contributed by atoms with Crippen molar-refractivity contribution in [3.8, 4) is 0 Å². The van der Waals surface area contributed by atoms with Gasteiger partial charge in [-0.15, -0.1) is 0 Å². The van der Waals surface area contributed by atoms with Crippen LogP contribution in [0.4, 0.5) is 11.4 Å². The Kier molecular flexibility index (Phi) is 6.42. The Bertz CT molecular complexity index is 1790. The molecule has 7 heteroatoms. The molecule has 2 aliphatic heterocycles. The van der Waals surface area contributed by atoms with Crippen LogP contribution in [0.1, 0.15) is 27.0 Å². The maximum atomic E-state index is 13.9. The van der Waals surface area contributed by atoms with Crippen LogP contribution in [0.3, 0.4) is 0 Å². The number of nitrogens with zero attached hydrogens (tertiary/aromatic N) is 4. The summed E-state index contributed by atoms with van der Waals surface area (Å²) in [6.45, 7) is 0. The summed E-state index contributed by atoms with van der Waals surface area (Å²) < 4.78 is 0. The lowest BCUT2D eigenvalue weighted by Gasteiger charge is -2.47. The second kappa shape index (κ2) is 10.4. The molecule has 0 saturated heterocycles. The number of hydrogen-bond donors (Lipinski definition) is 0. The fraction of sp³-hybridized carbons (Fsp3) is 0.0294. The molecule has 1 atom stereocenters. The average molecular weight is 571 g/mol. The molecule has 0 saturated carbocycles. The molecule has 0 aliphatic carbocycles. The molecular formula is C34H23ClN4OS. The van der Waals surface area contributed by atoms with E-state index >= 15 is 0 Å². The second-order valence-electron chi connectivity index (χ2n) is 9.61. The first kappa shape index (κ1) is 25.3. The molecule has 0 amide bonds. The van der Waals surface area contributed by atoms with Gasteiger partial charge >= 0.3 is 0 Å².